The highest BCUT2D eigenvalue weighted by molar-refractivity contribution is 5.83. The number of nitrogens with one attached hydrogen (secondary N) is 3. The summed E-state index contributed by atoms with van der Waals surface area (Å²) in [4.78, 5) is 9.93. The molecule has 7 heteroatoms. The molecule has 222 valence electrons. The fourth-order valence-corrected chi connectivity index (χ4v) is 6.09. The quantitative estimate of drug-likeness (QED) is 0.270. The highest BCUT2D eigenvalue weighted by atomic mass is 16.3. The Hall–Kier alpha value is -2.19. The van der Waals surface area contributed by atoms with Crippen molar-refractivity contribution in [1.29, 1.82) is 0 Å². The van der Waals surface area contributed by atoms with Gasteiger partial charge in [-0.15, -0.1) is 0 Å². The van der Waals surface area contributed by atoms with Gasteiger partial charge in [-0.1, -0.05) is 43.5 Å². The van der Waals surface area contributed by atoms with Gasteiger partial charge in [0.2, 0.25) is 0 Å². The molecule has 1 saturated carbocycles. The Bertz CT molecular complexity index is 971. The van der Waals surface area contributed by atoms with Crippen molar-refractivity contribution < 1.29 is 5.11 Å². The number of amidine groups is 1. The largest absolute Gasteiger partial charge is 0.396 e. The van der Waals surface area contributed by atoms with Crippen molar-refractivity contribution in [3.63, 3.8) is 0 Å². The van der Waals surface area contributed by atoms with Gasteiger partial charge in [-0.25, -0.2) is 4.99 Å². The lowest BCUT2D eigenvalue weighted by molar-refractivity contribution is 0.149. The molecule has 3 aliphatic rings. The summed E-state index contributed by atoms with van der Waals surface area (Å²) in [5.74, 6) is 1.08. The molecule has 40 heavy (non-hydrogen) atoms. The van der Waals surface area contributed by atoms with E-state index in [1.165, 1.54) is 60.9 Å². The van der Waals surface area contributed by atoms with Crippen molar-refractivity contribution in [2.45, 2.75) is 90.8 Å². The molecule has 0 aromatic heterocycles. The Morgan fingerprint density at radius 3 is 2.33 bits per heavy atom. The van der Waals surface area contributed by atoms with Crippen LogP contribution in [-0.4, -0.2) is 79.2 Å². The molecule has 1 saturated heterocycles. The van der Waals surface area contributed by atoms with Crippen molar-refractivity contribution in [3.05, 3.63) is 58.4 Å². The van der Waals surface area contributed by atoms with Crippen molar-refractivity contribution in [2.75, 3.05) is 52.4 Å². The number of aliphatic hydroxyl groups is 1. The predicted molar refractivity (Wildman–Crippen MR) is 167 cm³/mol. The van der Waals surface area contributed by atoms with Gasteiger partial charge in [0.15, 0.2) is 0 Å². The topological polar surface area (TPSA) is 75.2 Å². The Kier molecular flexibility index (Phi) is 13.0. The van der Waals surface area contributed by atoms with Crippen LogP contribution < -0.4 is 16.0 Å². The van der Waals surface area contributed by atoms with Gasteiger partial charge in [-0.3, -0.25) is 4.90 Å². The Labute approximate surface area is 243 Å². The first-order valence-electron chi connectivity index (χ1n) is 15.9. The second-order valence-corrected chi connectivity index (χ2v) is 11.9. The SMILES string of the molecule is CC1=C/C(N2CCN(CCCO)CC2)=C(/C)CC/C(NCc2ccc(CNCCCNC3CCCCC3)cc2)=N\1. The lowest BCUT2D eigenvalue weighted by Crippen LogP contribution is -2.46. The van der Waals surface area contributed by atoms with Crippen LogP contribution in [0.4, 0.5) is 0 Å². The van der Waals surface area contributed by atoms with Crippen LogP contribution in [0.5, 0.6) is 0 Å². The molecule has 2 aliphatic heterocycles. The summed E-state index contributed by atoms with van der Waals surface area (Å²) >= 11 is 0. The van der Waals surface area contributed by atoms with Crippen molar-refractivity contribution in [1.82, 2.24) is 25.8 Å². The van der Waals surface area contributed by atoms with Crippen LogP contribution in [-0.2, 0) is 13.1 Å². The zero-order valence-corrected chi connectivity index (χ0v) is 25.2. The minimum absolute atomic E-state index is 0.280. The molecule has 0 amide bonds. The lowest BCUT2D eigenvalue weighted by atomic mass is 9.95. The van der Waals surface area contributed by atoms with Gasteiger partial charge in [-0.2, -0.15) is 0 Å². The summed E-state index contributed by atoms with van der Waals surface area (Å²) in [5, 5.41) is 20.1. The molecule has 4 N–H and O–H groups in total. The molecule has 0 radical (unpaired) electrons. The second-order valence-electron chi connectivity index (χ2n) is 11.9. The van der Waals surface area contributed by atoms with E-state index in [1.54, 1.807) is 0 Å². The van der Waals surface area contributed by atoms with E-state index >= 15 is 0 Å². The molecule has 1 aliphatic carbocycles. The summed E-state index contributed by atoms with van der Waals surface area (Å²) in [6, 6.07) is 9.74. The maximum absolute atomic E-state index is 9.12. The molecular weight excluding hydrogens is 496 g/mol. The zero-order chi connectivity index (χ0) is 28.0. The van der Waals surface area contributed by atoms with Gasteiger partial charge >= 0.3 is 0 Å². The monoisotopic (exact) mass is 550 g/mol. The highest BCUT2D eigenvalue weighted by Crippen LogP contribution is 2.23. The van der Waals surface area contributed by atoms with Crippen molar-refractivity contribution in [2.24, 2.45) is 4.99 Å². The van der Waals surface area contributed by atoms with Crippen LogP contribution >= 0.6 is 0 Å². The van der Waals surface area contributed by atoms with Crippen LogP contribution in [0.1, 0.15) is 82.8 Å². The first-order valence-corrected chi connectivity index (χ1v) is 15.9. The van der Waals surface area contributed by atoms with Gasteiger partial charge < -0.3 is 26.0 Å². The maximum Gasteiger partial charge on any atom is 0.102 e. The normalized spacial score (nSPS) is 24.1. The van der Waals surface area contributed by atoms with Crippen molar-refractivity contribution in [3.8, 4) is 0 Å². The molecule has 4 rings (SSSR count). The summed E-state index contributed by atoms with van der Waals surface area (Å²) < 4.78 is 0. The van der Waals surface area contributed by atoms with E-state index in [1.807, 2.05) is 0 Å². The van der Waals surface area contributed by atoms with E-state index in [0.29, 0.717) is 0 Å². The number of nitrogens with zero attached hydrogens (tertiary/aromatic N) is 3. The summed E-state index contributed by atoms with van der Waals surface area (Å²) in [6.07, 6.45) is 13.2. The van der Waals surface area contributed by atoms with Crippen LogP contribution in [0.2, 0.25) is 0 Å². The molecule has 0 spiro atoms. The Morgan fingerprint density at radius 2 is 1.60 bits per heavy atom. The van der Waals surface area contributed by atoms with Crippen LogP contribution in [0.25, 0.3) is 0 Å². The first-order chi connectivity index (χ1) is 19.6. The minimum atomic E-state index is 0.280. The fourth-order valence-electron chi connectivity index (χ4n) is 6.09. The number of hydrogen-bond donors (Lipinski definition) is 4. The molecule has 0 bridgehead atoms. The van der Waals surface area contributed by atoms with E-state index in [0.717, 1.165) is 95.7 Å². The number of piperazine rings is 1. The fraction of sp³-hybridized carbons (Fsp3) is 0.667. The van der Waals surface area contributed by atoms with Crippen LogP contribution in [0, 0.1) is 0 Å². The molecule has 1 aromatic carbocycles. The van der Waals surface area contributed by atoms with E-state index < -0.39 is 0 Å². The van der Waals surface area contributed by atoms with Gasteiger partial charge in [0.1, 0.15) is 5.84 Å². The van der Waals surface area contributed by atoms with Gasteiger partial charge in [0, 0.05) is 76.3 Å². The molecular formula is C33H54N6O. The van der Waals surface area contributed by atoms with Crippen LogP contribution in [0.3, 0.4) is 0 Å². The minimum Gasteiger partial charge on any atom is -0.396 e. The van der Waals surface area contributed by atoms with E-state index in [-0.39, 0.29) is 6.61 Å². The summed E-state index contributed by atoms with van der Waals surface area (Å²) in [7, 11) is 0. The number of hydrogen-bond acceptors (Lipinski definition) is 7. The number of aliphatic hydroxyl groups excluding tert-OH is 1. The molecule has 2 fully saturated rings. The van der Waals surface area contributed by atoms with Crippen molar-refractivity contribution >= 4 is 5.84 Å². The maximum atomic E-state index is 9.12. The smallest absolute Gasteiger partial charge is 0.102 e. The third-order valence-corrected chi connectivity index (χ3v) is 8.59. The van der Waals surface area contributed by atoms with Gasteiger partial charge in [0.25, 0.3) is 0 Å². The molecule has 1 aromatic rings. The predicted octanol–water partition coefficient (Wildman–Crippen LogP) is 4.55. The van der Waals surface area contributed by atoms with E-state index in [2.05, 4.69) is 69.9 Å². The van der Waals surface area contributed by atoms with Gasteiger partial charge in [-0.05, 0) is 81.8 Å². The molecule has 2 heterocycles. The summed E-state index contributed by atoms with van der Waals surface area (Å²) in [6.45, 7) is 13.8. The molecule has 7 nitrogen and oxygen atoms in total. The Balaban J connectivity index is 1.16. The number of rotatable bonds is 13. The number of allylic oxidation sites excluding steroid dienone is 3. The van der Waals surface area contributed by atoms with E-state index in [4.69, 9.17) is 10.1 Å². The molecule has 0 unspecified atom stereocenters. The second kappa shape index (κ2) is 16.9. The highest BCUT2D eigenvalue weighted by Gasteiger charge is 2.20. The molecule has 0 atom stereocenters. The number of benzene rings is 1. The average Bonchev–Trinajstić information content (AvgIpc) is 2.98. The third-order valence-electron chi connectivity index (χ3n) is 8.59. The Morgan fingerprint density at radius 1 is 0.875 bits per heavy atom. The number of aliphatic imine (C=N–C) groups is 1. The zero-order valence-electron chi connectivity index (χ0n) is 25.2. The van der Waals surface area contributed by atoms with Crippen LogP contribution in [0.15, 0.2) is 52.3 Å². The summed E-state index contributed by atoms with van der Waals surface area (Å²) in [5.41, 5.74) is 6.49. The third kappa shape index (κ3) is 10.3. The first kappa shape index (κ1) is 30.8. The average molecular weight is 551 g/mol. The van der Waals surface area contributed by atoms with E-state index in [9.17, 15) is 0 Å². The lowest BCUT2D eigenvalue weighted by Gasteiger charge is -2.37. The van der Waals surface area contributed by atoms with Gasteiger partial charge in [0.05, 0.1) is 0 Å². The standard InChI is InChI=1S/C33H54N6O/c1-27-10-15-33(37-28(2)24-32(27)39-21-19-38(20-22-39)18-7-23-40)36-26-30-13-11-29(12-14-30)25-34-16-6-17-35-31-8-4-3-5-9-31/h11-14,24,31,34-35,40H,3-10,15-23,25-26H2,1-2H3,(H,36,37)/b28-24-,32-27+.